The van der Waals surface area contributed by atoms with Crippen molar-refractivity contribution in [3.8, 4) is 0 Å². The van der Waals surface area contributed by atoms with Gasteiger partial charge >= 0.3 is 0 Å². The first-order valence-corrected chi connectivity index (χ1v) is 8.06. The second kappa shape index (κ2) is 4.57. The molecule has 3 rings (SSSR count). The standard InChI is InChI=1S/C12H16N4O2S/c1-16-11-2-3-13-7-10(11)15-12(16)6-9-8-19(17,18)5-4-14-9/h2-3,7,9,14H,4-6,8H2,1H3. The lowest BCUT2D eigenvalue weighted by Crippen LogP contribution is -2.46. The van der Waals surface area contributed by atoms with Gasteiger partial charge in [-0.2, -0.15) is 0 Å². The number of sulfone groups is 1. The molecule has 1 saturated heterocycles. The molecule has 0 bridgehead atoms. The average Bonchev–Trinajstić information content (AvgIpc) is 2.66. The Morgan fingerprint density at radius 1 is 1.53 bits per heavy atom. The zero-order chi connectivity index (χ0) is 13.5. The summed E-state index contributed by atoms with van der Waals surface area (Å²) < 4.78 is 25.3. The molecule has 2 aromatic heterocycles. The Balaban J connectivity index is 1.87. The van der Waals surface area contributed by atoms with Gasteiger partial charge in [-0.1, -0.05) is 0 Å². The number of rotatable bonds is 2. The summed E-state index contributed by atoms with van der Waals surface area (Å²) in [6.45, 7) is 0.526. The van der Waals surface area contributed by atoms with Crippen LogP contribution in [0.4, 0.5) is 0 Å². The molecular weight excluding hydrogens is 264 g/mol. The fraction of sp³-hybridized carbons (Fsp3) is 0.500. The average molecular weight is 280 g/mol. The lowest BCUT2D eigenvalue weighted by Gasteiger charge is -2.23. The van der Waals surface area contributed by atoms with Crippen molar-refractivity contribution < 1.29 is 8.42 Å². The zero-order valence-electron chi connectivity index (χ0n) is 10.7. The van der Waals surface area contributed by atoms with Crippen LogP contribution in [0.15, 0.2) is 18.5 Å². The van der Waals surface area contributed by atoms with Gasteiger partial charge in [-0.15, -0.1) is 0 Å². The number of hydrogen-bond donors (Lipinski definition) is 1. The number of aromatic nitrogens is 3. The van der Waals surface area contributed by atoms with E-state index >= 15 is 0 Å². The Morgan fingerprint density at radius 2 is 2.37 bits per heavy atom. The summed E-state index contributed by atoms with van der Waals surface area (Å²) in [5, 5.41) is 3.25. The first-order chi connectivity index (χ1) is 9.05. The molecule has 1 N–H and O–H groups in total. The molecule has 0 spiro atoms. The fourth-order valence-electron chi connectivity index (χ4n) is 2.50. The summed E-state index contributed by atoms with van der Waals surface area (Å²) in [7, 11) is -0.960. The fourth-order valence-corrected chi connectivity index (χ4v) is 3.95. The molecule has 2 aromatic rings. The highest BCUT2D eigenvalue weighted by molar-refractivity contribution is 7.91. The number of imidazole rings is 1. The molecule has 7 heteroatoms. The second-order valence-corrected chi connectivity index (χ2v) is 7.15. The first-order valence-electron chi connectivity index (χ1n) is 6.24. The van der Waals surface area contributed by atoms with Gasteiger partial charge in [0.1, 0.15) is 11.3 Å². The van der Waals surface area contributed by atoms with E-state index in [-0.39, 0.29) is 17.5 Å². The normalized spacial score (nSPS) is 22.7. The van der Waals surface area contributed by atoms with Crippen molar-refractivity contribution in [3.63, 3.8) is 0 Å². The van der Waals surface area contributed by atoms with E-state index in [9.17, 15) is 8.42 Å². The summed E-state index contributed by atoms with van der Waals surface area (Å²) in [6.07, 6.45) is 4.07. The maximum atomic E-state index is 11.6. The van der Waals surface area contributed by atoms with E-state index in [2.05, 4.69) is 15.3 Å². The third kappa shape index (κ3) is 2.48. The number of pyridine rings is 1. The largest absolute Gasteiger partial charge is 0.331 e. The topological polar surface area (TPSA) is 76.9 Å². The molecule has 0 saturated carbocycles. The van der Waals surface area contributed by atoms with E-state index in [0.717, 1.165) is 16.9 Å². The number of fused-ring (bicyclic) bond motifs is 1. The predicted octanol–water partition coefficient (Wildman–Crippen LogP) is -0.103. The SMILES string of the molecule is Cn1c(CC2CS(=O)(=O)CCN2)nc2cnccc21. The maximum Gasteiger partial charge on any atom is 0.153 e. The smallest absolute Gasteiger partial charge is 0.153 e. The molecular formula is C12H16N4O2S. The van der Waals surface area contributed by atoms with Crippen molar-refractivity contribution in [2.45, 2.75) is 12.5 Å². The van der Waals surface area contributed by atoms with Crippen molar-refractivity contribution in [1.29, 1.82) is 0 Å². The minimum atomic E-state index is -2.91. The number of aryl methyl sites for hydroxylation is 1. The van der Waals surface area contributed by atoms with Gasteiger partial charge in [-0.3, -0.25) is 4.98 Å². The van der Waals surface area contributed by atoms with E-state index in [4.69, 9.17) is 0 Å². The highest BCUT2D eigenvalue weighted by Crippen LogP contribution is 2.15. The van der Waals surface area contributed by atoms with E-state index in [1.165, 1.54) is 0 Å². The Hall–Kier alpha value is -1.47. The van der Waals surface area contributed by atoms with Gasteiger partial charge in [0, 0.05) is 32.3 Å². The Bertz CT molecular complexity index is 708. The molecule has 102 valence electrons. The molecule has 1 fully saturated rings. The van der Waals surface area contributed by atoms with Crippen LogP contribution in [0.1, 0.15) is 5.82 Å². The monoisotopic (exact) mass is 280 g/mol. The number of nitrogens with one attached hydrogen (secondary N) is 1. The maximum absolute atomic E-state index is 11.6. The Morgan fingerprint density at radius 3 is 3.11 bits per heavy atom. The Kier molecular flexibility index (Phi) is 3.02. The van der Waals surface area contributed by atoms with E-state index in [1.807, 2.05) is 17.7 Å². The van der Waals surface area contributed by atoms with Crippen LogP contribution in [0, 0.1) is 0 Å². The molecule has 1 aliphatic heterocycles. The van der Waals surface area contributed by atoms with E-state index < -0.39 is 9.84 Å². The summed E-state index contributed by atoms with van der Waals surface area (Å²) >= 11 is 0. The second-order valence-electron chi connectivity index (χ2n) is 4.92. The van der Waals surface area contributed by atoms with Crippen molar-refractivity contribution in [1.82, 2.24) is 19.9 Å². The van der Waals surface area contributed by atoms with Gasteiger partial charge in [0.05, 0.1) is 23.2 Å². The minimum absolute atomic E-state index is 0.0535. The number of nitrogens with zero attached hydrogens (tertiary/aromatic N) is 3. The summed E-state index contributed by atoms with van der Waals surface area (Å²) in [6, 6.07) is 1.86. The van der Waals surface area contributed by atoms with Gasteiger partial charge in [0.25, 0.3) is 0 Å². The first kappa shape index (κ1) is 12.6. The van der Waals surface area contributed by atoms with Crippen molar-refractivity contribution in [3.05, 3.63) is 24.3 Å². The summed E-state index contributed by atoms with van der Waals surface area (Å²) in [4.78, 5) is 8.57. The quantitative estimate of drug-likeness (QED) is 0.831. The van der Waals surface area contributed by atoms with Crippen LogP contribution in [0.5, 0.6) is 0 Å². The van der Waals surface area contributed by atoms with Gasteiger partial charge in [-0.25, -0.2) is 13.4 Å². The van der Waals surface area contributed by atoms with Crippen LogP contribution in [-0.4, -0.2) is 47.0 Å². The van der Waals surface area contributed by atoms with Crippen LogP contribution in [0.25, 0.3) is 11.0 Å². The third-order valence-corrected chi connectivity index (χ3v) is 5.24. The molecule has 1 aliphatic rings. The molecule has 6 nitrogen and oxygen atoms in total. The molecule has 1 atom stereocenters. The molecule has 0 aromatic carbocycles. The minimum Gasteiger partial charge on any atom is -0.331 e. The highest BCUT2D eigenvalue weighted by Gasteiger charge is 2.25. The molecule has 3 heterocycles. The Labute approximate surface area is 111 Å². The predicted molar refractivity (Wildman–Crippen MR) is 72.7 cm³/mol. The van der Waals surface area contributed by atoms with Gasteiger partial charge in [-0.05, 0) is 6.07 Å². The summed E-state index contributed by atoms with van der Waals surface area (Å²) in [5.41, 5.74) is 1.86. The van der Waals surface area contributed by atoms with Crippen LogP contribution in [0.3, 0.4) is 0 Å². The van der Waals surface area contributed by atoms with Gasteiger partial charge < -0.3 is 9.88 Å². The van der Waals surface area contributed by atoms with Crippen molar-refractivity contribution >= 4 is 20.9 Å². The summed E-state index contributed by atoms with van der Waals surface area (Å²) in [5.74, 6) is 1.31. The van der Waals surface area contributed by atoms with E-state index in [0.29, 0.717) is 13.0 Å². The van der Waals surface area contributed by atoms with Crippen LogP contribution in [-0.2, 0) is 23.3 Å². The zero-order valence-corrected chi connectivity index (χ0v) is 11.5. The van der Waals surface area contributed by atoms with Crippen LogP contribution >= 0.6 is 0 Å². The van der Waals surface area contributed by atoms with Crippen molar-refractivity contribution in [2.24, 2.45) is 7.05 Å². The molecule has 1 unspecified atom stereocenters. The highest BCUT2D eigenvalue weighted by atomic mass is 32.2. The molecule has 0 radical (unpaired) electrons. The molecule has 0 amide bonds. The van der Waals surface area contributed by atoms with E-state index in [1.54, 1.807) is 12.4 Å². The van der Waals surface area contributed by atoms with Gasteiger partial charge in [0.2, 0.25) is 0 Å². The lowest BCUT2D eigenvalue weighted by molar-refractivity contribution is 0.505. The lowest BCUT2D eigenvalue weighted by atomic mass is 10.2. The van der Waals surface area contributed by atoms with Crippen LogP contribution in [0.2, 0.25) is 0 Å². The number of hydrogen-bond acceptors (Lipinski definition) is 5. The third-order valence-electron chi connectivity index (χ3n) is 3.51. The van der Waals surface area contributed by atoms with Crippen molar-refractivity contribution in [2.75, 3.05) is 18.1 Å². The van der Waals surface area contributed by atoms with Crippen LogP contribution < -0.4 is 5.32 Å². The molecule has 19 heavy (non-hydrogen) atoms. The van der Waals surface area contributed by atoms with Gasteiger partial charge in [0.15, 0.2) is 9.84 Å². The molecule has 0 aliphatic carbocycles.